The van der Waals surface area contributed by atoms with E-state index in [4.69, 9.17) is 10.2 Å². The molecule has 0 atom stereocenters. The number of carboxylic acid groups (broad SMARTS) is 2. The average molecular weight is 347 g/mol. The molecule has 0 aromatic rings. The zero-order chi connectivity index (χ0) is 17.5. The maximum atomic E-state index is 12.4. The fourth-order valence-electron chi connectivity index (χ4n) is 1.90. The molecule has 8 nitrogen and oxygen atoms in total. The molecule has 1 amide bonds. The maximum Gasteiger partial charge on any atom is 0.534 e. The van der Waals surface area contributed by atoms with Gasteiger partial charge < -0.3 is 19.3 Å². The van der Waals surface area contributed by atoms with E-state index in [1.165, 1.54) is 13.8 Å². The van der Waals surface area contributed by atoms with Crippen LogP contribution >= 0.6 is 0 Å². The van der Waals surface area contributed by atoms with Gasteiger partial charge in [0.2, 0.25) is 0 Å². The van der Waals surface area contributed by atoms with Gasteiger partial charge in [-0.15, -0.1) is 0 Å². The van der Waals surface area contributed by atoms with Gasteiger partial charge in [0.05, 0.1) is 12.1 Å². The summed E-state index contributed by atoms with van der Waals surface area (Å²) in [5.41, 5.74) is -8.18. The lowest BCUT2D eigenvalue weighted by Gasteiger charge is -2.37. The minimum Gasteiger partial charge on any atom is -0.478 e. The number of amides is 1. The number of aliphatic carboxylic acids is 1. The molecule has 0 aliphatic carbocycles. The Labute approximate surface area is 122 Å². The Balaban J connectivity index is 3.41. The number of hydrogen-bond acceptors (Lipinski definition) is 5. The molecule has 1 heterocycles. The first-order valence-corrected chi connectivity index (χ1v) is 7.05. The Morgan fingerprint density at radius 2 is 1.77 bits per heavy atom. The average Bonchev–Trinajstić information content (AvgIpc) is 2.28. The molecule has 2 N–H and O–H groups in total. The van der Waals surface area contributed by atoms with Crippen LogP contribution < -0.4 is 0 Å². The van der Waals surface area contributed by atoms with Crippen LogP contribution in [0.1, 0.15) is 13.8 Å². The van der Waals surface area contributed by atoms with Gasteiger partial charge in [0.15, 0.2) is 0 Å². The van der Waals surface area contributed by atoms with E-state index < -0.39 is 57.5 Å². The molecule has 1 aliphatic rings. The van der Waals surface area contributed by atoms with Crippen molar-refractivity contribution in [1.82, 2.24) is 4.90 Å². The highest BCUT2D eigenvalue weighted by atomic mass is 32.2. The van der Waals surface area contributed by atoms with E-state index in [0.717, 1.165) is 0 Å². The van der Waals surface area contributed by atoms with Crippen molar-refractivity contribution in [3.63, 3.8) is 0 Å². The van der Waals surface area contributed by atoms with Crippen molar-refractivity contribution in [2.45, 2.75) is 19.4 Å². The second-order valence-corrected chi connectivity index (χ2v) is 6.66. The Morgan fingerprint density at radius 3 is 2.14 bits per heavy atom. The monoisotopic (exact) mass is 347 g/mol. The van der Waals surface area contributed by atoms with Crippen LogP contribution in [0.3, 0.4) is 0 Å². The lowest BCUT2D eigenvalue weighted by molar-refractivity contribution is -0.133. The van der Waals surface area contributed by atoms with E-state index in [1.807, 2.05) is 0 Å². The van der Waals surface area contributed by atoms with Gasteiger partial charge in [0, 0.05) is 12.0 Å². The van der Waals surface area contributed by atoms with Gasteiger partial charge in [-0.3, -0.25) is 0 Å². The minimum atomic E-state index is -6.06. The lowest BCUT2D eigenvalue weighted by atomic mass is 9.84. The van der Waals surface area contributed by atoms with E-state index in [-0.39, 0.29) is 0 Å². The SMILES string of the molecule is CC1(C)CN(C(=O)O)CC(C(=O)O)=C1OS(=O)(=O)C(F)(F)F. The summed E-state index contributed by atoms with van der Waals surface area (Å²) in [5, 5.41) is 17.9. The molecule has 22 heavy (non-hydrogen) atoms. The molecular formula is C10H12F3NO7S. The van der Waals surface area contributed by atoms with Crippen LogP contribution in [0, 0.1) is 5.41 Å². The van der Waals surface area contributed by atoms with E-state index >= 15 is 0 Å². The van der Waals surface area contributed by atoms with Gasteiger partial charge in [0.25, 0.3) is 0 Å². The summed E-state index contributed by atoms with van der Waals surface area (Å²) in [6.45, 7) is 1.12. The summed E-state index contributed by atoms with van der Waals surface area (Å²) in [6.07, 6.45) is -1.50. The Hall–Kier alpha value is -1.98. The van der Waals surface area contributed by atoms with Crippen molar-refractivity contribution in [3.05, 3.63) is 11.3 Å². The molecule has 1 aliphatic heterocycles. The molecule has 0 unspecified atom stereocenters. The number of carboxylic acids is 1. The van der Waals surface area contributed by atoms with Crippen molar-refractivity contribution < 1.29 is 45.6 Å². The molecule has 0 saturated heterocycles. The standard InChI is InChI=1S/C10H12F3NO7S/c1-9(2)4-14(8(17)18)3-5(7(15)16)6(9)21-22(19,20)10(11,12)13/h3-4H2,1-2H3,(H,15,16)(H,17,18). The van der Waals surface area contributed by atoms with E-state index in [0.29, 0.717) is 4.90 Å². The molecular weight excluding hydrogens is 335 g/mol. The first kappa shape index (κ1) is 18.1. The predicted molar refractivity (Wildman–Crippen MR) is 64.1 cm³/mol. The molecule has 126 valence electrons. The van der Waals surface area contributed by atoms with Crippen molar-refractivity contribution in [1.29, 1.82) is 0 Å². The number of nitrogens with zero attached hydrogens (tertiary/aromatic N) is 1. The molecule has 1 rings (SSSR count). The number of rotatable bonds is 3. The fraction of sp³-hybridized carbons (Fsp3) is 0.600. The van der Waals surface area contributed by atoms with Gasteiger partial charge in [-0.05, 0) is 0 Å². The van der Waals surface area contributed by atoms with Gasteiger partial charge >= 0.3 is 27.7 Å². The summed E-state index contributed by atoms with van der Waals surface area (Å²) in [6, 6.07) is 0. The molecule has 0 bridgehead atoms. The predicted octanol–water partition coefficient (Wildman–Crippen LogP) is 1.21. The summed E-state index contributed by atoms with van der Waals surface area (Å²) in [7, 11) is -6.06. The highest BCUT2D eigenvalue weighted by Gasteiger charge is 2.52. The molecule has 0 aromatic heterocycles. The molecule has 0 fully saturated rings. The van der Waals surface area contributed by atoms with Crippen molar-refractivity contribution in [2.75, 3.05) is 13.1 Å². The number of carbonyl (C=O) groups is 2. The zero-order valence-electron chi connectivity index (χ0n) is 11.3. The third-order valence-electron chi connectivity index (χ3n) is 2.83. The second kappa shape index (κ2) is 5.34. The quantitative estimate of drug-likeness (QED) is 0.581. The maximum absolute atomic E-state index is 12.4. The van der Waals surface area contributed by atoms with Gasteiger partial charge in [-0.1, -0.05) is 13.8 Å². The topological polar surface area (TPSA) is 121 Å². The van der Waals surface area contributed by atoms with Crippen LogP contribution in [-0.2, 0) is 19.1 Å². The van der Waals surface area contributed by atoms with Crippen LogP contribution in [0.2, 0.25) is 0 Å². The Kier molecular flexibility index (Phi) is 4.38. The first-order valence-electron chi connectivity index (χ1n) is 5.64. The van der Waals surface area contributed by atoms with Crippen LogP contribution in [0.5, 0.6) is 0 Å². The van der Waals surface area contributed by atoms with Crippen molar-refractivity contribution in [2.24, 2.45) is 5.41 Å². The lowest BCUT2D eigenvalue weighted by Crippen LogP contribution is -2.47. The molecule has 0 spiro atoms. The normalized spacial score (nSPS) is 19.0. The fourth-order valence-corrected chi connectivity index (χ4v) is 2.54. The number of alkyl halides is 3. The molecule has 0 saturated carbocycles. The van der Waals surface area contributed by atoms with Crippen LogP contribution in [0.25, 0.3) is 0 Å². The Bertz CT molecular complexity index is 635. The zero-order valence-corrected chi connectivity index (χ0v) is 12.2. The van der Waals surface area contributed by atoms with Gasteiger partial charge in [-0.2, -0.15) is 21.6 Å². The largest absolute Gasteiger partial charge is 0.534 e. The molecule has 0 radical (unpaired) electrons. The van der Waals surface area contributed by atoms with Gasteiger partial charge in [-0.25, -0.2) is 9.59 Å². The first-order chi connectivity index (χ1) is 9.69. The smallest absolute Gasteiger partial charge is 0.478 e. The number of halogens is 3. The highest BCUT2D eigenvalue weighted by Crippen LogP contribution is 2.39. The van der Waals surface area contributed by atoms with Gasteiger partial charge in [0.1, 0.15) is 5.76 Å². The van der Waals surface area contributed by atoms with Crippen LogP contribution in [0.4, 0.5) is 18.0 Å². The van der Waals surface area contributed by atoms with E-state index in [2.05, 4.69) is 4.18 Å². The van der Waals surface area contributed by atoms with Crippen molar-refractivity contribution >= 4 is 22.2 Å². The number of hydrogen-bond donors (Lipinski definition) is 2. The molecule has 12 heteroatoms. The second-order valence-electron chi connectivity index (χ2n) is 5.12. The third-order valence-corrected chi connectivity index (χ3v) is 3.78. The highest BCUT2D eigenvalue weighted by molar-refractivity contribution is 7.87. The van der Waals surface area contributed by atoms with Crippen LogP contribution in [0.15, 0.2) is 11.3 Å². The van der Waals surface area contributed by atoms with E-state index in [9.17, 15) is 31.2 Å². The third kappa shape index (κ3) is 3.43. The van der Waals surface area contributed by atoms with E-state index in [1.54, 1.807) is 0 Å². The summed E-state index contributed by atoms with van der Waals surface area (Å²) < 4.78 is 63.3. The summed E-state index contributed by atoms with van der Waals surface area (Å²) >= 11 is 0. The summed E-state index contributed by atoms with van der Waals surface area (Å²) in [4.78, 5) is 22.7. The van der Waals surface area contributed by atoms with Crippen LogP contribution in [-0.4, -0.2) is 54.2 Å². The molecule has 0 aromatic carbocycles. The Morgan fingerprint density at radius 1 is 1.27 bits per heavy atom. The summed E-state index contributed by atoms with van der Waals surface area (Å²) in [5.74, 6) is -2.71. The minimum absolute atomic E-state index is 0.429. The van der Waals surface area contributed by atoms with Crippen molar-refractivity contribution in [3.8, 4) is 0 Å².